The second-order valence-corrected chi connectivity index (χ2v) is 5.85. The summed E-state index contributed by atoms with van der Waals surface area (Å²) in [7, 11) is 0. The lowest BCUT2D eigenvalue weighted by Crippen LogP contribution is -2.27. The molecule has 116 valence electrons. The predicted molar refractivity (Wildman–Crippen MR) is 79.4 cm³/mol. The van der Waals surface area contributed by atoms with Gasteiger partial charge in [-0.1, -0.05) is 0 Å². The molecule has 0 bridgehead atoms. The molecule has 1 aromatic carbocycles. The van der Waals surface area contributed by atoms with E-state index in [1.165, 1.54) is 0 Å². The molecule has 2 N–H and O–H groups in total. The highest BCUT2D eigenvalue weighted by Gasteiger charge is 2.48. The van der Waals surface area contributed by atoms with E-state index in [0.29, 0.717) is 17.7 Å². The SMILES string of the molecule is O=C(O)C1CC1C(=O)Nc1ccc(C(=O)N2CCCC2)cc1. The van der Waals surface area contributed by atoms with Crippen LogP contribution in [0.1, 0.15) is 29.6 Å². The van der Waals surface area contributed by atoms with Gasteiger partial charge in [-0.15, -0.1) is 0 Å². The number of anilines is 1. The molecule has 22 heavy (non-hydrogen) atoms. The Labute approximate surface area is 128 Å². The van der Waals surface area contributed by atoms with Gasteiger partial charge < -0.3 is 15.3 Å². The number of nitrogens with zero attached hydrogens (tertiary/aromatic N) is 1. The largest absolute Gasteiger partial charge is 0.481 e. The third kappa shape index (κ3) is 2.95. The summed E-state index contributed by atoms with van der Waals surface area (Å²) in [6.07, 6.45) is 2.49. The van der Waals surface area contributed by atoms with Crippen molar-refractivity contribution in [3.63, 3.8) is 0 Å². The quantitative estimate of drug-likeness (QED) is 0.884. The van der Waals surface area contributed by atoms with Crippen LogP contribution in [-0.4, -0.2) is 40.9 Å². The van der Waals surface area contributed by atoms with Crippen LogP contribution in [0, 0.1) is 11.8 Å². The van der Waals surface area contributed by atoms with E-state index in [9.17, 15) is 14.4 Å². The van der Waals surface area contributed by atoms with Crippen molar-refractivity contribution in [1.29, 1.82) is 0 Å². The maximum atomic E-state index is 12.2. The van der Waals surface area contributed by atoms with E-state index in [-0.39, 0.29) is 11.8 Å². The summed E-state index contributed by atoms with van der Waals surface area (Å²) in [4.78, 5) is 36.6. The molecule has 2 amide bonds. The van der Waals surface area contributed by atoms with Gasteiger partial charge in [0.25, 0.3) is 5.91 Å². The summed E-state index contributed by atoms with van der Waals surface area (Å²) in [6, 6.07) is 6.74. The molecule has 0 spiro atoms. The van der Waals surface area contributed by atoms with Gasteiger partial charge in [0.15, 0.2) is 0 Å². The molecule has 1 heterocycles. The van der Waals surface area contributed by atoms with Crippen molar-refractivity contribution in [2.24, 2.45) is 11.8 Å². The maximum absolute atomic E-state index is 12.2. The molecule has 6 nitrogen and oxygen atoms in total. The third-order valence-electron chi connectivity index (χ3n) is 4.24. The molecule has 3 rings (SSSR count). The van der Waals surface area contributed by atoms with Crippen molar-refractivity contribution in [1.82, 2.24) is 4.90 Å². The molecule has 1 aliphatic carbocycles. The number of amides is 2. The van der Waals surface area contributed by atoms with Crippen LogP contribution in [0.3, 0.4) is 0 Å². The van der Waals surface area contributed by atoms with E-state index < -0.39 is 17.8 Å². The fraction of sp³-hybridized carbons (Fsp3) is 0.438. The van der Waals surface area contributed by atoms with Crippen LogP contribution in [0.5, 0.6) is 0 Å². The minimum Gasteiger partial charge on any atom is -0.481 e. The van der Waals surface area contributed by atoms with E-state index in [4.69, 9.17) is 5.11 Å². The van der Waals surface area contributed by atoms with Crippen LogP contribution in [0.25, 0.3) is 0 Å². The summed E-state index contributed by atoms with van der Waals surface area (Å²) in [6.45, 7) is 1.60. The van der Waals surface area contributed by atoms with Gasteiger partial charge in [0.05, 0.1) is 11.8 Å². The van der Waals surface area contributed by atoms with Crippen molar-refractivity contribution in [2.75, 3.05) is 18.4 Å². The second kappa shape index (κ2) is 5.79. The number of benzene rings is 1. The van der Waals surface area contributed by atoms with E-state index in [1.54, 1.807) is 24.3 Å². The molecule has 1 saturated heterocycles. The Morgan fingerprint density at radius 1 is 1.05 bits per heavy atom. The van der Waals surface area contributed by atoms with Crippen molar-refractivity contribution in [3.05, 3.63) is 29.8 Å². The molecule has 1 aliphatic heterocycles. The number of likely N-dealkylation sites (tertiary alicyclic amines) is 1. The molecule has 6 heteroatoms. The predicted octanol–water partition coefficient (Wildman–Crippen LogP) is 1.58. The Hall–Kier alpha value is -2.37. The number of hydrogen-bond acceptors (Lipinski definition) is 3. The van der Waals surface area contributed by atoms with Gasteiger partial charge in [0.1, 0.15) is 0 Å². The first-order valence-corrected chi connectivity index (χ1v) is 7.49. The number of aliphatic carboxylic acids is 1. The summed E-state index contributed by atoms with van der Waals surface area (Å²) in [5.41, 5.74) is 1.19. The summed E-state index contributed by atoms with van der Waals surface area (Å²) in [5, 5.41) is 11.5. The van der Waals surface area contributed by atoms with Crippen LogP contribution >= 0.6 is 0 Å². The van der Waals surface area contributed by atoms with Gasteiger partial charge in [0.2, 0.25) is 5.91 Å². The molecule has 2 aliphatic rings. The number of carbonyl (C=O) groups is 3. The second-order valence-electron chi connectivity index (χ2n) is 5.85. The highest BCUT2D eigenvalue weighted by Crippen LogP contribution is 2.39. The van der Waals surface area contributed by atoms with Crippen molar-refractivity contribution >= 4 is 23.5 Å². The number of carbonyl (C=O) groups excluding carboxylic acids is 2. The van der Waals surface area contributed by atoms with Crippen LogP contribution in [0.2, 0.25) is 0 Å². The molecular formula is C16H18N2O4. The molecule has 2 atom stereocenters. The first-order chi connectivity index (χ1) is 10.6. The van der Waals surface area contributed by atoms with Crippen molar-refractivity contribution in [3.8, 4) is 0 Å². The zero-order chi connectivity index (χ0) is 15.7. The smallest absolute Gasteiger partial charge is 0.307 e. The molecule has 0 radical (unpaired) electrons. The Morgan fingerprint density at radius 3 is 2.23 bits per heavy atom. The Morgan fingerprint density at radius 2 is 1.68 bits per heavy atom. The minimum atomic E-state index is -0.924. The van der Waals surface area contributed by atoms with Gasteiger partial charge in [-0.3, -0.25) is 14.4 Å². The van der Waals surface area contributed by atoms with Crippen molar-refractivity contribution in [2.45, 2.75) is 19.3 Å². The van der Waals surface area contributed by atoms with Crippen molar-refractivity contribution < 1.29 is 19.5 Å². The highest BCUT2D eigenvalue weighted by molar-refractivity contribution is 5.99. The first kappa shape index (κ1) is 14.6. The zero-order valence-electron chi connectivity index (χ0n) is 12.1. The molecule has 1 aromatic rings. The van der Waals surface area contributed by atoms with Gasteiger partial charge in [-0.2, -0.15) is 0 Å². The normalized spacial score (nSPS) is 23.2. The van der Waals surface area contributed by atoms with Crippen LogP contribution in [-0.2, 0) is 9.59 Å². The van der Waals surface area contributed by atoms with E-state index in [2.05, 4.69) is 5.32 Å². The van der Waals surface area contributed by atoms with E-state index >= 15 is 0 Å². The lowest BCUT2D eigenvalue weighted by atomic mass is 10.1. The molecular weight excluding hydrogens is 284 g/mol. The Kier molecular flexibility index (Phi) is 3.83. The standard InChI is InChI=1S/C16H18N2O4/c19-14(12-9-13(12)16(21)22)17-11-5-3-10(4-6-11)15(20)18-7-1-2-8-18/h3-6,12-13H,1-2,7-9H2,(H,17,19)(H,21,22). The minimum absolute atomic E-state index is 0.0171. The van der Waals surface area contributed by atoms with Gasteiger partial charge in [-0.05, 0) is 43.5 Å². The van der Waals surface area contributed by atoms with E-state index in [0.717, 1.165) is 25.9 Å². The molecule has 2 unspecified atom stereocenters. The zero-order valence-corrected chi connectivity index (χ0v) is 12.1. The van der Waals surface area contributed by atoms with Crippen LogP contribution in [0.15, 0.2) is 24.3 Å². The molecule has 1 saturated carbocycles. The van der Waals surface area contributed by atoms with Gasteiger partial charge >= 0.3 is 5.97 Å². The lowest BCUT2D eigenvalue weighted by molar-refractivity contribution is -0.139. The summed E-state index contributed by atoms with van der Waals surface area (Å²) < 4.78 is 0. The van der Waals surface area contributed by atoms with Crippen LogP contribution in [0.4, 0.5) is 5.69 Å². The summed E-state index contributed by atoms with van der Waals surface area (Å²) >= 11 is 0. The highest BCUT2D eigenvalue weighted by atomic mass is 16.4. The Bertz CT molecular complexity index is 605. The Balaban J connectivity index is 1.59. The topological polar surface area (TPSA) is 86.7 Å². The average Bonchev–Trinajstić information content (AvgIpc) is 3.14. The number of carboxylic acids is 1. The third-order valence-corrected chi connectivity index (χ3v) is 4.24. The fourth-order valence-electron chi connectivity index (χ4n) is 2.79. The fourth-order valence-corrected chi connectivity index (χ4v) is 2.79. The first-order valence-electron chi connectivity index (χ1n) is 7.49. The number of nitrogens with one attached hydrogen (secondary N) is 1. The number of rotatable bonds is 4. The maximum Gasteiger partial charge on any atom is 0.307 e. The molecule has 0 aromatic heterocycles. The van der Waals surface area contributed by atoms with Gasteiger partial charge in [0, 0.05) is 24.3 Å². The number of hydrogen-bond donors (Lipinski definition) is 2. The summed E-state index contributed by atoms with van der Waals surface area (Å²) in [5.74, 6) is -2.18. The monoisotopic (exact) mass is 302 g/mol. The molecule has 2 fully saturated rings. The van der Waals surface area contributed by atoms with Crippen LogP contribution < -0.4 is 5.32 Å². The average molecular weight is 302 g/mol. The van der Waals surface area contributed by atoms with Gasteiger partial charge in [-0.25, -0.2) is 0 Å². The van der Waals surface area contributed by atoms with E-state index in [1.807, 2.05) is 4.90 Å². The lowest BCUT2D eigenvalue weighted by Gasteiger charge is -2.15. The number of carboxylic acid groups (broad SMARTS) is 1.